The van der Waals surface area contributed by atoms with E-state index in [2.05, 4.69) is 5.32 Å². The van der Waals surface area contributed by atoms with Gasteiger partial charge in [-0.2, -0.15) is 0 Å². The van der Waals surface area contributed by atoms with Gasteiger partial charge in [-0.15, -0.1) is 0 Å². The Balaban J connectivity index is 1.71. The Morgan fingerprint density at radius 2 is 1.60 bits per heavy atom. The molecule has 0 amide bonds. The van der Waals surface area contributed by atoms with Gasteiger partial charge in [0.2, 0.25) is 0 Å². The number of amidine groups is 1. The first kappa shape index (κ1) is 20.5. The summed E-state index contributed by atoms with van der Waals surface area (Å²) >= 11 is 12.2. The molecule has 0 bridgehead atoms. The maximum Gasteiger partial charge on any atom is 0.338 e. The van der Waals surface area contributed by atoms with E-state index in [0.717, 1.165) is 22.5 Å². The van der Waals surface area contributed by atoms with E-state index < -0.39 is 0 Å². The standard InChI is InChI=1S/C24H20Cl2N2O2/c1-2-30-24(29)18-5-3-4-17(14-18)23-27-21(15-6-10-19(25)11-7-15)22(28-23)16-8-12-20(26)13-9-16/h3-14,21-22H,2H2,1H3,(H,27,28). The second kappa shape index (κ2) is 8.90. The summed E-state index contributed by atoms with van der Waals surface area (Å²) in [6.07, 6.45) is 0. The fraction of sp³-hybridized carbons (Fsp3) is 0.167. The molecule has 152 valence electrons. The molecule has 2 atom stereocenters. The SMILES string of the molecule is CCOC(=O)c1cccc(C2=NC(c3ccc(Cl)cc3)C(c3ccc(Cl)cc3)N2)c1. The highest BCUT2D eigenvalue weighted by Crippen LogP contribution is 2.37. The van der Waals surface area contributed by atoms with Gasteiger partial charge in [0.25, 0.3) is 0 Å². The molecule has 0 saturated heterocycles. The van der Waals surface area contributed by atoms with Crippen LogP contribution in [0, 0.1) is 0 Å². The number of esters is 1. The van der Waals surface area contributed by atoms with Crippen molar-refractivity contribution in [1.82, 2.24) is 5.32 Å². The Bertz CT molecular complexity index is 1080. The molecule has 6 heteroatoms. The minimum Gasteiger partial charge on any atom is -0.462 e. The normalized spacial score (nSPS) is 17.9. The van der Waals surface area contributed by atoms with E-state index in [0.29, 0.717) is 22.2 Å². The molecule has 1 aliphatic heterocycles. The molecule has 0 spiro atoms. The van der Waals surface area contributed by atoms with Crippen molar-refractivity contribution in [3.05, 3.63) is 105 Å². The molecule has 1 aliphatic rings. The minimum atomic E-state index is -0.346. The number of hydrogen-bond acceptors (Lipinski definition) is 4. The zero-order chi connectivity index (χ0) is 21.1. The third-order valence-corrected chi connectivity index (χ3v) is 5.47. The van der Waals surface area contributed by atoms with Crippen LogP contribution in [0.25, 0.3) is 0 Å². The monoisotopic (exact) mass is 438 g/mol. The van der Waals surface area contributed by atoms with Gasteiger partial charge >= 0.3 is 5.97 Å². The van der Waals surface area contributed by atoms with Crippen molar-refractivity contribution in [2.45, 2.75) is 19.0 Å². The van der Waals surface area contributed by atoms with E-state index in [1.807, 2.05) is 60.7 Å². The first-order valence-electron chi connectivity index (χ1n) is 9.68. The molecule has 0 radical (unpaired) electrons. The van der Waals surface area contributed by atoms with E-state index in [1.54, 1.807) is 19.1 Å². The Kier molecular flexibility index (Phi) is 6.07. The van der Waals surface area contributed by atoms with Gasteiger partial charge in [-0.3, -0.25) is 4.99 Å². The van der Waals surface area contributed by atoms with Gasteiger partial charge in [-0.05, 0) is 54.4 Å². The number of nitrogens with zero attached hydrogens (tertiary/aromatic N) is 1. The number of benzene rings is 3. The second-order valence-electron chi connectivity index (χ2n) is 6.95. The number of ether oxygens (including phenoxy) is 1. The molecule has 0 saturated carbocycles. The Labute approximate surface area is 185 Å². The number of carbonyl (C=O) groups excluding carboxylic acids is 1. The van der Waals surface area contributed by atoms with Crippen LogP contribution in [-0.4, -0.2) is 18.4 Å². The number of hydrogen-bond donors (Lipinski definition) is 1. The molecule has 3 aromatic carbocycles. The van der Waals surface area contributed by atoms with E-state index in [1.165, 1.54) is 0 Å². The van der Waals surface area contributed by atoms with E-state index >= 15 is 0 Å². The number of carbonyl (C=O) groups is 1. The number of nitrogens with one attached hydrogen (secondary N) is 1. The molecule has 1 heterocycles. The van der Waals surface area contributed by atoms with E-state index in [4.69, 9.17) is 32.9 Å². The van der Waals surface area contributed by atoms with Crippen molar-refractivity contribution < 1.29 is 9.53 Å². The highest BCUT2D eigenvalue weighted by molar-refractivity contribution is 6.30. The van der Waals surface area contributed by atoms with Crippen molar-refractivity contribution in [2.75, 3.05) is 6.61 Å². The first-order chi connectivity index (χ1) is 14.5. The van der Waals surface area contributed by atoms with Crippen molar-refractivity contribution in [3.8, 4) is 0 Å². The summed E-state index contributed by atoms with van der Waals surface area (Å²) in [5.41, 5.74) is 3.44. The van der Waals surface area contributed by atoms with E-state index in [9.17, 15) is 4.79 Å². The summed E-state index contributed by atoms with van der Waals surface area (Å²) in [5.74, 6) is 0.377. The molecular weight excluding hydrogens is 419 g/mol. The second-order valence-corrected chi connectivity index (χ2v) is 7.82. The lowest BCUT2D eigenvalue weighted by atomic mass is 9.95. The van der Waals surface area contributed by atoms with Crippen LogP contribution in [0.15, 0.2) is 77.8 Å². The topological polar surface area (TPSA) is 50.7 Å². The van der Waals surface area contributed by atoms with Crippen molar-refractivity contribution in [2.24, 2.45) is 4.99 Å². The predicted octanol–water partition coefficient (Wildman–Crippen LogP) is 6.00. The van der Waals surface area contributed by atoms with Crippen LogP contribution < -0.4 is 5.32 Å². The maximum atomic E-state index is 12.1. The lowest BCUT2D eigenvalue weighted by Crippen LogP contribution is -2.25. The molecule has 1 N–H and O–H groups in total. The lowest BCUT2D eigenvalue weighted by Gasteiger charge is -2.20. The maximum absolute atomic E-state index is 12.1. The van der Waals surface area contributed by atoms with Gasteiger partial charge in [-0.1, -0.05) is 59.6 Å². The molecule has 3 aromatic rings. The van der Waals surface area contributed by atoms with Crippen molar-refractivity contribution in [1.29, 1.82) is 0 Å². The third-order valence-electron chi connectivity index (χ3n) is 4.96. The Morgan fingerprint density at radius 1 is 0.967 bits per heavy atom. The van der Waals surface area contributed by atoms with Crippen LogP contribution in [-0.2, 0) is 4.74 Å². The van der Waals surface area contributed by atoms with Crippen LogP contribution in [0.1, 0.15) is 46.1 Å². The van der Waals surface area contributed by atoms with Crippen LogP contribution in [0.3, 0.4) is 0 Å². The average molecular weight is 439 g/mol. The summed E-state index contributed by atoms with van der Waals surface area (Å²) in [6.45, 7) is 2.12. The van der Waals surface area contributed by atoms with Gasteiger partial charge in [0, 0.05) is 15.6 Å². The molecule has 2 unspecified atom stereocenters. The smallest absolute Gasteiger partial charge is 0.338 e. The summed E-state index contributed by atoms with van der Waals surface area (Å²) in [7, 11) is 0. The lowest BCUT2D eigenvalue weighted by molar-refractivity contribution is 0.0526. The van der Waals surface area contributed by atoms with Crippen molar-refractivity contribution >= 4 is 35.0 Å². The highest BCUT2D eigenvalue weighted by atomic mass is 35.5. The fourth-order valence-electron chi connectivity index (χ4n) is 3.51. The van der Waals surface area contributed by atoms with Gasteiger partial charge in [0.05, 0.1) is 18.2 Å². The zero-order valence-electron chi connectivity index (χ0n) is 16.3. The molecule has 0 aliphatic carbocycles. The van der Waals surface area contributed by atoms with Gasteiger partial charge in [-0.25, -0.2) is 4.79 Å². The summed E-state index contributed by atoms with van der Waals surface area (Å²) in [6, 6.07) is 22.5. The Hall–Kier alpha value is -2.82. The summed E-state index contributed by atoms with van der Waals surface area (Å²) in [4.78, 5) is 17.1. The molecule has 0 aromatic heterocycles. The van der Waals surface area contributed by atoms with Gasteiger partial charge in [0.15, 0.2) is 0 Å². The van der Waals surface area contributed by atoms with Gasteiger partial charge in [0.1, 0.15) is 11.9 Å². The predicted molar refractivity (Wildman–Crippen MR) is 120 cm³/mol. The average Bonchev–Trinajstić information content (AvgIpc) is 3.20. The fourth-order valence-corrected chi connectivity index (χ4v) is 3.76. The van der Waals surface area contributed by atoms with Crippen molar-refractivity contribution in [3.63, 3.8) is 0 Å². The Morgan fingerprint density at radius 3 is 2.23 bits per heavy atom. The molecule has 30 heavy (non-hydrogen) atoms. The van der Waals surface area contributed by atoms with Crippen LogP contribution >= 0.6 is 23.2 Å². The van der Waals surface area contributed by atoms with Gasteiger partial charge < -0.3 is 10.1 Å². The van der Waals surface area contributed by atoms with E-state index in [-0.39, 0.29) is 18.1 Å². The molecule has 0 fully saturated rings. The van der Waals surface area contributed by atoms with Crippen LogP contribution in [0.2, 0.25) is 10.0 Å². The highest BCUT2D eigenvalue weighted by Gasteiger charge is 2.32. The van der Waals surface area contributed by atoms with Crippen LogP contribution in [0.5, 0.6) is 0 Å². The number of rotatable bonds is 5. The third kappa shape index (κ3) is 4.35. The zero-order valence-corrected chi connectivity index (χ0v) is 17.8. The van der Waals surface area contributed by atoms with Crippen LogP contribution in [0.4, 0.5) is 0 Å². The quantitative estimate of drug-likeness (QED) is 0.496. The first-order valence-corrected chi connectivity index (χ1v) is 10.4. The summed E-state index contributed by atoms with van der Waals surface area (Å²) < 4.78 is 5.12. The largest absolute Gasteiger partial charge is 0.462 e. The summed E-state index contributed by atoms with van der Waals surface area (Å²) in [5, 5.41) is 4.89. The molecule has 4 nitrogen and oxygen atoms in total. The number of halogens is 2. The molecular formula is C24H20Cl2N2O2. The number of aliphatic imine (C=N–C) groups is 1. The minimum absolute atomic E-state index is 0.0790. The molecule has 4 rings (SSSR count).